The van der Waals surface area contributed by atoms with Gasteiger partial charge in [-0.25, -0.2) is 9.59 Å². The summed E-state index contributed by atoms with van der Waals surface area (Å²) in [7, 11) is 0. The summed E-state index contributed by atoms with van der Waals surface area (Å²) in [5.41, 5.74) is 0. The molecule has 12 saturated heterocycles. The van der Waals surface area contributed by atoms with Crippen LogP contribution in [0.2, 0.25) is 0 Å². The van der Waals surface area contributed by atoms with Crippen LogP contribution in [0, 0.1) is 0 Å². The molecule has 68 heteroatoms. The van der Waals surface area contributed by atoms with Gasteiger partial charge >= 0.3 is 11.9 Å². The normalized spacial score (nSPS) is 48.7. The highest BCUT2D eigenvalue weighted by atomic mass is 16.8. The Labute approximate surface area is 845 Å². The summed E-state index contributed by atoms with van der Waals surface area (Å²) in [6.07, 6.45) is -127. The maximum absolute atomic E-state index is 13.7. The van der Waals surface area contributed by atoms with Gasteiger partial charge in [-0.15, -0.1) is 0 Å². The minimum Gasteiger partial charge on any atom is -0.479 e. The molecule has 12 heterocycles. The van der Waals surface area contributed by atoms with Crippen molar-refractivity contribution in [1.29, 1.82) is 0 Å². The molecule has 0 aliphatic carbocycles. The summed E-state index contributed by atoms with van der Waals surface area (Å²) in [6, 6.07) is -10.2. The maximum Gasteiger partial charge on any atom is 0.335 e. The molecule has 38 N–H and O–H groups in total. The van der Waals surface area contributed by atoms with Gasteiger partial charge in [0.05, 0.1) is 66.1 Å². The van der Waals surface area contributed by atoms with E-state index in [1.165, 1.54) is 0 Å². The van der Waals surface area contributed by atoms with Crippen LogP contribution < -0.4 is 26.6 Å². The smallest absolute Gasteiger partial charge is 0.335 e. The standard InChI is InChI=1S/C82H133N5O63/c1-16(97)83-31-42(108)57(25(10-92)129-71(31)127)139-73-33(85-18(3)99)43(109)60(27(12-94)134-73)143-80-56(122)64(40(106)30(138-80)15-128-81-67(48(114)37(103)22(7-89)133-81)149-72-32(84-17(2)98)41(107)36(102)21(6-88)130-72)146-82-68(150-75-35(87-20(5)101)45(111)59(28(13-95)136-75)142-79-55(121)63(39(105)24(9-91)132-79)145-77-52(118)47(113)50(116)66(148-77)70(125)126)53(119)61(29(14-96)137-82)140-74-34(86-19(4)100)44(110)58(26(11-93)135-74)141-78-54(120)62(38(104)23(8-90)131-78)144-76-51(117)46(112)49(115)65(147-76)69(123)124/h21-68,71-82,88-96,102-122,127H,6-15H2,1-5H3,(H,83,97)(H,84,98)(H,85,99)(H,86,100)(H,87,101)(H,123,124)(H,125,126)/t21-,22-,23-,24-,25-,26-,27-,28-,29-,30-,31-,32-,33-,34-,35-,36-,37-,38+,39+,40-,41-,42-,43-,44-,45-,46+,47+,48+,49+,50+,51-,52-,53+,54-,55-,56+,57-,58-,59-,60-,61-,62+,63+,64+,65+,66+,67+,68+,71-,72+,73+,74+,75+,76-,77-,78+,79+,80+,81+,82-/m1/s1. The predicted molar refractivity (Wildman–Crippen MR) is 454 cm³/mol. The van der Waals surface area contributed by atoms with E-state index in [0.717, 1.165) is 34.6 Å². The van der Waals surface area contributed by atoms with Gasteiger partial charge < -0.3 is 304 Å². The number of ether oxygens (including phenoxy) is 23. The van der Waals surface area contributed by atoms with Crippen LogP contribution in [0.3, 0.4) is 0 Å². The van der Waals surface area contributed by atoms with E-state index in [2.05, 4.69) is 26.6 Å². The minimum atomic E-state index is -2.83. The molecule has 12 fully saturated rings. The molecular formula is C82H133N5O63. The third-order valence-electron chi connectivity index (χ3n) is 27.0. The lowest BCUT2D eigenvalue weighted by Crippen LogP contribution is -2.72. The molecule has 12 aliphatic heterocycles. The minimum absolute atomic E-state index is 0.796. The van der Waals surface area contributed by atoms with Crippen LogP contribution in [-0.4, -0.2) is 644 Å². The second-order valence-corrected chi connectivity index (χ2v) is 37.4. The number of nitrogens with one attached hydrogen (secondary N) is 5. The lowest BCUT2D eigenvalue weighted by atomic mass is 9.93. The highest BCUT2D eigenvalue weighted by molar-refractivity contribution is 5.76. The van der Waals surface area contributed by atoms with E-state index in [1.54, 1.807) is 0 Å². The number of aliphatic hydroxyl groups excluding tert-OH is 31. The Balaban J connectivity index is 0.928. The molecule has 0 aromatic heterocycles. The summed E-state index contributed by atoms with van der Waals surface area (Å²) >= 11 is 0. The maximum atomic E-state index is 13.7. The fraction of sp³-hybridized carbons (Fsp3) is 0.915. The lowest BCUT2D eigenvalue weighted by molar-refractivity contribution is -0.408. The number of carbonyl (C=O) groups is 7. The third kappa shape index (κ3) is 26.8. The van der Waals surface area contributed by atoms with Crippen molar-refractivity contribution < 1.29 is 311 Å². The van der Waals surface area contributed by atoms with Gasteiger partial charge in [-0.05, 0) is 0 Å². The number of rotatable bonds is 39. The van der Waals surface area contributed by atoms with Crippen molar-refractivity contribution in [1.82, 2.24) is 26.6 Å². The molecule has 68 nitrogen and oxygen atoms in total. The number of carboxylic acids is 2. The van der Waals surface area contributed by atoms with Gasteiger partial charge in [-0.1, -0.05) is 0 Å². The van der Waals surface area contributed by atoms with E-state index in [4.69, 9.17) is 109 Å². The first-order valence-electron chi connectivity index (χ1n) is 47.2. The number of hydrogen-bond donors (Lipinski definition) is 38. The molecule has 0 bridgehead atoms. The molecule has 0 saturated carbocycles. The average molecular weight is 2200 g/mol. The average Bonchev–Trinajstić information content (AvgIpc) is 0.755. The summed E-state index contributed by atoms with van der Waals surface area (Å²) < 4.78 is 137. The fourth-order valence-electron chi connectivity index (χ4n) is 19.3. The number of amides is 5. The Hall–Kier alpha value is -5.87. The molecule has 12 rings (SSSR count). The summed E-state index contributed by atoms with van der Waals surface area (Å²) in [4.78, 5) is 89.6. The first-order chi connectivity index (χ1) is 70.9. The van der Waals surface area contributed by atoms with Crippen LogP contribution in [0.4, 0.5) is 0 Å². The number of carboxylic acid groups (broad SMARTS) is 2. The molecule has 0 unspecified atom stereocenters. The number of carbonyl (C=O) groups excluding carboxylic acids is 5. The zero-order chi connectivity index (χ0) is 111. The van der Waals surface area contributed by atoms with Gasteiger partial charge in [-0.2, -0.15) is 0 Å². The first kappa shape index (κ1) is 123. The quantitative estimate of drug-likeness (QED) is 0.0272. The Morgan fingerprint density at radius 2 is 0.420 bits per heavy atom. The van der Waals surface area contributed by atoms with Crippen molar-refractivity contribution in [2.75, 3.05) is 66.1 Å². The van der Waals surface area contributed by atoms with Crippen molar-refractivity contribution in [3.8, 4) is 0 Å². The van der Waals surface area contributed by atoms with Gasteiger partial charge in [0, 0.05) is 34.6 Å². The van der Waals surface area contributed by atoms with E-state index in [9.17, 15) is 202 Å². The summed E-state index contributed by atoms with van der Waals surface area (Å²) in [6.45, 7) is -8.33. The Kier molecular flexibility index (Phi) is 43.5. The number of hydrogen-bond acceptors (Lipinski definition) is 61. The van der Waals surface area contributed by atoms with E-state index in [0.29, 0.717) is 0 Å². The van der Waals surface area contributed by atoms with Crippen LogP contribution in [0.1, 0.15) is 34.6 Å². The van der Waals surface area contributed by atoms with E-state index in [-0.39, 0.29) is 0 Å². The fourth-order valence-corrected chi connectivity index (χ4v) is 19.3. The van der Waals surface area contributed by atoms with Gasteiger partial charge in [0.1, 0.15) is 280 Å². The SMILES string of the molecule is CC(=O)N[C@@H]1[C@@H](O)[C@H](O[C@@H]2O[C@H](CO)[C@@H](O[C@@H]3O[C@H](CO[C@H]4O[C@H](CO)[C@@H](O)[C@H](O)[C@@H]4O[C@@H]4O[C@H](CO)[C@@H](O)[C@H](O)[C@H]4NC(C)=O)[C@@H](O)[C@H](O[C@H]4O[C@H](CO)[C@@H](O[C@@H]5O[C@H](CO)[C@@H](O[C@@H]6O[C@H](CO)[C@H](O)[C@H](O[C@@H]7O[C@H](C(=O)O)[C@@H](O)[C@H](O)[C@H]7O)[C@H]6O)[C@H](O)[C@H]5NC(C)=O)[C@H](O)[C@@H]4O[C@@H]4O[C@H](CO)[C@@H](O[C@@H]5O[C@H](CO)[C@H](O)[C@H](O[C@@H]6O[C@H](C(=O)O)[C@@H](O)[C@H](O)[C@H]6O)[C@H]5O)[C@H](O)[C@H]4NC(C)=O)[C@@H]3O)[C@H](O)[C@H]2NC(C)=O)[C@@H](CO)O[C@H]1O. The Morgan fingerprint density at radius 3 is 0.753 bits per heavy atom. The van der Waals surface area contributed by atoms with Crippen molar-refractivity contribution in [2.24, 2.45) is 0 Å². The van der Waals surface area contributed by atoms with Gasteiger partial charge in [0.15, 0.2) is 87.7 Å². The number of aliphatic hydroxyl groups is 31. The highest BCUT2D eigenvalue weighted by Crippen LogP contribution is 2.44. The largest absolute Gasteiger partial charge is 0.479 e. The van der Waals surface area contributed by atoms with Crippen LogP contribution >= 0.6 is 0 Å². The van der Waals surface area contributed by atoms with Crippen molar-refractivity contribution in [3.05, 3.63) is 0 Å². The molecular weight excluding hydrogens is 2060 g/mol. The van der Waals surface area contributed by atoms with E-state index >= 15 is 0 Å². The zero-order valence-corrected chi connectivity index (χ0v) is 79.7. The van der Waals surface area contributed by atoms with Gasteiger partial charge in [0.2, 0.25) is 29.5 Å². The van der Waals surface area contributed by atoms with Crippen LogP contribution in [-0.2, 0) is 143 Å². The highest BCUT2D eigenvalue weighted by Gasteiger charge is 2.65. The Bertz CT molecular complexity index is 4320. The topological polar surface area (TPSA) is 1060 Å². The molecule has 0 radical (unpaired) electrons. The second-order valence-electron chi connectivity index (χ2n) is 37.4. The monoisotopic (exact) mass is 2200 g/mol. The summed E-state index contributed by atoms with van der Waals surface area (Å²) in [5.74, 6) is -8.95. The van der Waals surface area contributed by atoms with Crippen molar-refractivity contribution in [2.45, 2.75) is 403 Å². The van der Waals surface area contributed by atoms with Gasteiger partial charge in [-0.3, -0.25) is 24.0 Å². The first-order valence-corrected chi connectivity index (χ1v) is 47.2. The predicted octanol–water partition coefficient (Wildman–Crippen LogP) is -26.3. The molecule has 0 aromatic carbocycles. The molecule has 864 valence electrons. The summed E-state index contributed by atoms with van der Waals surface area (Å²) in [5, 5.41) is 385. The van der Waals surface area contributed by atoms with Crippen LogP contribution in [0.5, 0.6) is 0 Å². The van der Waals surface area contributed by atoms with Gasteiger partial charge in [0.25, 0.3) is 0 Å². The number of aliphatic carboxylic acids is 2. The second kappa shape index (κ2) is 53.2. The molecule has 0 aromatic rings. The van der Waals surface area contributed by atoms with E-state index < -0.39 is 476 Å². The molecule has 12 aliphatic rings. The molecule has 5 amide bonds. The lowest BCUT2D eigenvalue weighted by Gasteiger charge is -2.52. The van der Waals surface area contributed by atoms with E-state index in [1.807, 2.05) is 0 Å². The van der Waals surface area contributed by atoms with Crippen molar-refractivity contribution >= 4 is 41.5 Å². The molecule has 150 heavy (non-hydrogen) atoms. The van der Waals surface area contributed by atoms with Crippen LogP contribution in [0.25, 0.3) is 0 Å². The Morgan fingerprint density at radius 1 is 0.193 bits per heavy atom. The zero-order valence-electron chi connectivity index (χ0n) is 79.7. The molecule has 60 atom stereocenters. The third-order valence-corrected chi connectivity index (χ3v) is 27.0. The van der Waals surface area contributed by atoms with Crippen molar-refractivity contribution in [3.63, 3.8) is 0 Å². The molecule has 0 spiro atoms. The van der Waals surface area contributed by atoms with Crippen LogP contribution in [0.15, 0.2) is 0 Å².